The van der Waals surface area contributed by atoms with Gasteiger partial charge in [-0.3, -0.25) is 4.90 Å². The van der Waals surface area contributed by atoms with Crippen LogP contribution in [-0.2, 0) is 11.3 Å². The molecule has 1 saturated heterocycles. The first-order valence-corrected chi connectivity index (χ1v) is 5.47. The predicted octanol–water partition coefficient (Wildman–Crippen LogP) is 2.23. The van der Waals surface area contributed by atoms with E-state index in [1.54, 1.807) is 11.3 Å². The van der Waals surface area contributed by atoms with Crippen LogP contribution in [-0.4, -0.2) is 31.2 Å². The second-order valence-corrected chi connectivity index (χ2v) is 5.11. The molecule has 0 saturated carbocycles. The number of halogens is 1. The molecule has 0 amide bonds. The zero-order chi connectivity index (χ0) is 9.26. The molecule has 0 spiro atoms. The lowest BCUT2D eigenvalue weighted by Crippen LogP contribution is -2.46. The van der Waals surface area contributed by atoms with E-state index < -0.39 is 0 Å². The Labute approximate surface area is 87.1 Å². The average molecular weight is 218 g/mol. The molecule has 0 bridgehead atoms. The normalized spacial score (nSPS) is 17.8. The third kappa shape index (κ3) is 2.23. The molecule has 1 fully saturated rings. The molecule has 1 aliphatic heterocycles. The van der Waals surface area contributed by atoms with Crippen molar-refractivity contribution in [1.82, 2.24) is 4.90 Å². The van der Waals surface area contributed by atoms with Gasteiger partial charge in [0.15, 0.2) is 0 Å². The minimum atomic E-state index is 0.598. The Morgan fingerprint density at radius 2 is 2.38 bits per heavy atom. The molecule has 0 atom stereocenters. The largest absolute Gasteiger partial charge is 0.378 e. The lowest BCUT2D eigenvalue weighted by Gasteiger charge is -2.34. The minimum absolute atomic E-state index is 0.598. The molecule has 4 heteroatoms. The van der Waals surface area contributed by atoms with E-state index in [1.165, 1.54) is 4.88 Å². The van der Waals surface area contributed by atoms with Crippen LogP contribution in [0.5, 0.6) is 0 Å². The van der Waals surface area contributed by atoms with Crippen LogP contribution < -0.4 is 0 Å². The van der Waals surface area contributed by atoms with Crippen molar-refractivity contribution >= 4 is 22.9 Å². The molecular formula is C9H12ClNOS. The van der Waals surface area contributed by atoms with Crippen molar-refractivity contribution in [2.24, 2.45) is 0 Å². The highest BCUT2D eigenvalue weighted by molar-refractivity contribution is 7.16. The number of hydrogen-bond acceptors (Lipinski definition) is 3. The fourth-order valence-corrected chi connectivity index (χ4v) is 2.44. The van der Waals surface area contributed by atoms with Gasteiger partial charge in [0.2, 0.25) is 0 Å². The molecule has 13 heavy (non-hydrogen) atoms. The summed E-state index contributed by atoms with van der Waals surface area (Å²) in [5.74, 6) is 0. The summed E-state index contributed by atoms with van der Waals surface area (Å²) in [6, 6.07) is 4.64. The summed E-state index contributed by atoms with van der Waals surface area (Å²) in [5, 5.41) is 0. The molecule has 0 aliphatic carbocycles. The van der Waals surface area contributed by atoms with Gasteiger partial charge in [0, 0.05) is 11.4 Å². The summed E-state index contributed by atoms with van der Waals surface area (Å²) in [6.07, 6.45) is 0. The standard InChI is InChI=1S/C9H12ClNOS/c1-11(7-5-12-6-7)4-8-2-3-9(10)13-8/h2-3,7H,4-6H2,1H3. The van der Waals surface area contributed by atoms with Crippen LogP contribution in [0.4, 0.5) is 0 Å². The lowest BCUT2D eigenvalue weighted by molar-refractivity contribution is -0.0583. The SMILES string of the molecule is CN(Cc1ccc(Cl)s1)C1COC1. The van der Waals surface area contributed by atoms with Crippen molar-refractivity contribution in [1.29, 1.82) is 0 Å². The third-order valence-corrected chi connectivity index (χ3v) is 3.49. The van der Waals surface area contributed by atoms with Gasteiger partial charge in [0.25, 0.3) is 0 Å². The summed E-state index contributed by atoms with van der Waals surface area (Å²) in [5.41, 5.74) is 0. The quantitative estimate of drug-likeness (QED) is 0.770. The Kier molecular flexibility index (Phi) is 2.89. The Morgan fingerprint density at radius 1 is 1.62 bits per heavy atom. The van der Waals surface area contributed by atoms with Gasteiger partial charge in [-0.25, -0.2) is 0 Å². The van der Waals surface area contributed by atoms with Crippen molar-refractivity contribution in [2.75, 3.05) is 20.3 Å². The Morgan fingerprint density at radius 3 is 2.85 bits per heavy atom. The molecule has 72 valence electrons. The average Bonchev–Trinajstić information content (AvgIpc) is 2.31. The summed E-state index contributed by atoms with van der Waals surface area (Å²) >= 11 is 7.50. The number of likely N-dealkylation sites (N-methyl/N-ethyl adjacent to an activating group) is 1. The minimum Gasteiger partial charge on any atom is -0.378 e. The third-order valence-electron chi connectivity index (χ3n) is 2.28. The molecule has 0 radical (unpaired) electrons. The molecule has 0 unspecified atom stereocenters. The second kappa shape index (κ2) is 3.96. The number of thiophene rings is 1. The van der Waals surface area contributed by atoms with Gasteiger partial charge in [-0.1, -0.05) is 11.6 Å². The van der Waals surface area contributed by atoms with E-state index in [0.717, 1.165) is 24.1 Å². The van der Waals surface area contributed by atoms with Gasteiger partial charge in [0.05, 0.1) is 23.6 Å². The maximum Gasteiger partial charge on any atom is 0.0931 e. The van der Waals surface area contributed by atoms with Crippen molar-refractivity contribution in [3.05, 3.63) is 21.3 Å². The predicted molar refractivity (Wildman–Crippen MR) is 55.4 cm³/mol. The van der Waals surface area contributed by atoms with Crippen LogP contribution in [0.15, 0.2) is 12.1 Å². The monoisotopic (exact) mass is 217 g/mol. The molecule has 2 heterocycles. The molecule has 2 rings (SSSR count). The van der Waals surface area contributed by atoms with E-state index in [4.69, 9.17) is 16.3 Å². The van der Waals surface area contributed by atoms with E-state index in [0.29, 0.717) is 6.04 Å². The lowest BCUT2D eigenvalue weighted by atomic mass is 10.2. The molecule has 1 aromatic rings. The van der Waals surface area contributed by atoms with E-state index in [-0.39, 0.29) is 0 Å². The van der Waals surface area contributed by atoms with Crippen LogP contribution in [0.25, 0.3) is 0 Å². The van der Waals surface area contributed by atoms with Gasteiger partial charge < -0.3 is 4.74 Å². The zero-order valence-corrected chi connectivity index (χ0v) is 9.07. The number of hydrogen-bond donors (Lipinski definition) is 0. The maximum atomic E-state index is 5.85. The molecule has 1 aromatic heterocycles. The molecule has 0 aromatic carbocycles. The first-order valence-electron chi connectivity index (χ1n) is 4.28. The molecule has 2 nitrogen and oxygen atoms in total. The van der Waals surface area contributed by atoms with Gasteiger partial charge in [-0.05, 0) is 19.2 Å². The van der Waals surface area contributed by atoms with Crippen molar-refractivity contribution in [3.63, 3.8) is 0 Å². The molecule has 0 N–H and O–H groups in total. The van der Waals surface area contributed by atoms with E-state index in [1.807, 2.05) is 6.07 Å². The topological polar surface area (TPSA) is 12.5 Å². The van der Waals surface area contributed by atoms with Crippen LogP contribution in [0.2, 0.25) is 4.34 Å². The van der Waals surface area contributed by atoms with Crippen molar-refractivity contribution in [2.45, 2.75) is 12.6 Å². The maximum absolute atomic E-state index is 5.85. The first kappa shape index (κ1) is 9.46. The van der Waals surface area contributed by atoms with Crippen LogP contribution in [0.1, 0.15) is 4.88 Å². The van der Waals surface area contributed by atoms with Crippen LogP contribution in [0.3, 0.4) is 0 Å². The summed E-state index contributed by atoms with van der Waals surface area (Å²) in [6.45, 7) is 2.72. The van der Waals surface area contributed by atoms with Gasteiger partial charge in [-0.2, -0.15) is 0 Å². The highest BCUT2D eigenvalue weighted by atomic mass is 35.5. The number of ether oxygens (including phenoxy) is 1. The smallest absolute Gasteiger partial charge is 0.0931 e. The Bertz CT molecular complexity index is 285. The van der Waals surface area contributed by atoms with Gasteiger partial charge in [0.1, 0.15) is 0 Å². The van der Waals surface area contributed by atoms with E-state index in [9.17, 15) is 0 Å². The zero-order valence-electron chi connectivity index (χ0n) is 7.50. The highest BCUT2D eigenvalue weighted by Crippen LogP contribution is 2.23. The first-order chi connectivity index (χ1) is 6.25. The van der Waals surface area contributed by atoms with Crippen molar-refractivity contribution in [3.8, 4) is 0 Å². The van der Waals surface area contributed by atoms with Crippen molar-refractivity contribution < 1.29 is 4.74 Å². The second-order valence-electron chi connectivity index (χ2n) is 3.31. The highest BCUT2D eigenvalue weighted by Gasteiger charge is 2.23. The van der Waals surface area contributed by atoms with Gasteiger partial charge >= 0.3 is 0 Å². The molecular weight excluding hydrogens is 206 g/mol. The fourth-order valence-electron chi connectivity index (χ4n) is 1.29. The van der Waals surface area contributed by atoms with Gasteiger partial charge in [-0.15, -0.1) is 11.3 Å². The Balaban J connectivity index is 1.89. The van der Waals surface area contributed by atoms with Crippen LogP contribution in [0, 0.1) is 0 Å². The summed E-state index contributed by atoms with van der Waals surface area (Å²) < 4.78 is 6.00. The number of rotatable bonds is 3. The summed E-state index contributed by atoms with van der Waals surface area (Å²) in [7, 11) is 2.13. The fraction of sp³-hybridized carbons (Fsp3) is 0.556. The van der Waals surface area contributed by atoms with E-state index >= 15 is 0 Å². The van der Waals surface area contributed by atoms with Crippen LogP contribution >= 0.6 is 22.9 Å². The Hall–Kier alpha value is -0.0900. The van der Waals surface area contributed by atoms with E-state index in [2.05, 4.69) is 18.0 Å². The number of nitrogens with zero attached hydrogens (tertiary/aromatic N) is 1. The molecule has 1 aliphatic rings. The summed E-state index contributed by atoms with van der Waals surface area (Å²) in [4.78, 5) is 3.63.